The van der Waals surface area contributed by atoms with Crippen molar-refractivity contribution in [3.63, 3.8) is 0 Å². The summed E-state index contributed by atoms with van der Waals surface area (Å²) in [6.45, 7) is 7.70. The van der Waals surface area contributed by atoms with Gasteiger partial charge in [0.15, 0.2) is 0 Å². The minimum atomic E-state index is -3.61. The van der Waals surface area contributed by atoms with Crippen molar-refractivity contribution in [1.82, 2.24) is 9.97 Å². The van der Waals surface area contributed by atoms with Crippen molar-refractivity contribution < 1.29 is 12.8 Å². The van der Waals surface area contributed by atoms with Crippen LogP contribution in [0.2, 0.25) is 0 Å². The van der Waals surface area contributed by atoms with E-state index in [-0.39, 0.29) is 11.3 Å². The average Bonchev–Trinajstić information content (AvgIpc) is 3.11. The highest BCUT2D eigenvalue weighted by Crippen LogP contribution is 2.33. The number of aromatic amines is 1. The van der Waals surface area contributed by atoms with E-state index in [1.54, 1.807) is 48.6 Å². The Labute approximate surface area is 191 Å². The minimum absolute atomic E-state index is 0.162. The van der Waals surface area contributed by atoms with Gasteiger partial charge in [0, 0.05) is 34.1 Å². The quantitative estimate of drug-likeness (QED) is 0.399. The Bertz CT molecular complexity index is 1530. The molecule has 0 aliphatic carbocycles. The van der Waals surface area contributed by atoms with Crippen molar-refractivity contribution in [2.75, 3.05) is 11.0 Å². The predicted molar refractivity (Wildman–Crippen MR) is 133 cm³/mol. The molecule has 170 valence electrons. The fourth-order valence-electron chi connectivity index (χ4n) is 3.41. The second kappa shape index (κ2) is 9.58. The minimum Gasteiger partial charge on any atom is -0.404 e. The van der Waals surface area contributed by atoms with Gasteiger partial charge in [-0.2, -0.15) is 0 Å². The molecule has 0 aliphatic rings. The number of anilines is 1. The summed E-state index contributed by atoms with van der Waals surface area (Å²) in [6, 6.07) is 6.53. The number of allylic oxidation sites excluding steroid dienone is 5. The van der Waals surface area contributed by atoms with Gasteiger partial charge >= 0.3 is 0 Å². The van der Waals surface area contributed by atoms with Gasteiger partial charge in [0.25, 0.3) is 0 Å². The zero-order valence-corrected chi connectivity index (χ0v) is 18.8. The number of rotatable bonds is 7. The first kappa shape index (κ1) is 23.6. The first-order valence-electron chi connectivity index (χ1n) is 9.77. The SMILES string of the molecule is C=C/C=C\C(=C/N)C(=C)/C=c1\c(=C/N)[nH]c2ncc(F)c(-c3ccccc3NS(C)(=O)=O)c12. The maximum absolute atomic E-state index is 15.3. The number of fused-ring (bicyclic) bond motifs is 1. The van der Waals surface area contributed by atoms with E-state index in [1.807, 2.05) is 0 Å². The third-order valence-electron chi connectivity index (χ3n) is 4.78. The molecular formula is C24H24FN5O2S. The highest BCUT2D eigenvalue weighted by atomic mass is 32.2. The molecule has 0 unspecified atom stereocenters. The summed E-state index contributed by atoms with van der Waals surface area (Å²) < 4.78 is 41.5. The van der Waals surface area contributed by atoms with Crippen molar-refractivity contribution in [2.45, 2.75) is 0 Å². The summed E-state index contributed by atoms with van der Waals surface area (Å²) in [5.74, 6) is -0.630. The van der Waals surface area contributed by atoms with Gasteiger partial charge in [0.05, 0.1) is 23.5 Å². The van der Waals surface area contributed by atoms with Crippen LogP contribution in [0.1, 0.15) is 0 Å². The van der Waals surface area contributed by atoms with Crippen molar-refractivity contribution in [1.29, 1.82) is 0 Å². The topological polar surface area (TPSA) is 127 Å². The third kappa shape index (κ3) is 5.04. The van der Waals surface area contributed by atoms with E-state index < -0.39 is 15.8 Å². The smallest absolute Gasteiger partial charge is 0.229 e. The molecule has 7 nitrogen and oxygen atoms in total. The van der Waals surface area contributed by atoms with Gasteiger partial charge in [0.2, 0.25) is 10.0 Å². The van der Waals surface area contributed by atoms with E-state index in [2.05, 4.69) is 27.8 Å². The van der Waals surface area contributed by atoms with Crippen molar-refractivity contribution in [3.05, 3.63) is 95.6 Å². The summed E-state index contributed by atoms with van der Waals surface area (Å²) in [5.41, 5.74) is 13.8. The molecule has 0 amide bonds. The number of hydrogen-bond acceptors (Lipinski definition) is 5. The van der Waals surface area contributed by atoms with Crippen LogP contribution in [0.4, 0.5) is 10.1 Å². The van der Waals surface area contributed by atoms with Gasteiger partial charge in [-0.15, -0.1) is 0 Å². The molecule has 33 heavy (non-hydrogen) atoms. The molecule has 0 saturated carbocycles. The van der Waals surface area contributed by atoms with E-state index in [4.69, 9.17) is 11.5 Å². The molecule has 9 heteroatoms. The van der Waals surface area contributed by atoms with Crippen molar-refractivity contribution in [3.8, 4) is 11.1 Å². The van der Waals surface area contributed by atoms with Gasteiger partial charge in [-0.1, -0.05) is 49.6 Å². The fraction of sp³-hybridized carbons (Fsp3) is 0.0417. The van der Waals surface area contributed by atoms with Gasteiger partial charge in [-0.3, -0.25) is 4.72 Å². The number of halogens is 1. The Morgan fingerprint density at radius 1 is 1.27 bits per heavy atom. The Kier molecular flexibility index (Phi) is 6.83. The van der Waals surface area contributed by atoms with Crippen LogP contribution in [0.3, 0.4) is 0 Å². The number of nitrogens with two attached hydrogens (primary N) is 2. The van der Waals surface area contributed by atoms with E-state index in [1.165, 1.54) is 12.4 Å². The maximum Gasteiger partial charge on any atom is 0.229 e. The number of nitrogens with zero attached hydrogens (tertiary/aromatic N) is 1. The van der Waals surface area contributed by atoms with E-state index in [0.717, 1.165) is 12.5 Å². The van der Waals surface area contributed by atoms with Crippen LogP contribution in [-0.4, -0.2) is 24.6 Å². The maximum atomic E-state index is 15.3. The first-order chi connectivity index (χ1) is 15.7. The summed E-state index contributed by atoms with van der Waals surface area (Å²) in [7, 11) is -3.61. The average molecular weight is 466 g/mol. The first-order valence-corrected chi connectivity index (χ1v) is 11.7. The molecule has 3 aromatic rings. The number of para-hydroxylation sites is 1. The lowest BCUT2D eigenvalue weighted by atomic mass is 9.99. The molecule has 0 bridgehead atoms. The Morgan fingerprint density at radius 3 is 2.64 bits per heavy atom. The lowest BCUT2D eigenvalue weighted by Crippen LogP contribution is -2.25. The lowest BCUT2D eigenvalue weighted by molar-refractivity contribution is 0.606. The van der Waals surface area contributed by atoms with Gasteiger partial charge in [0.1, 0.15) is 11.5 Å². The summed E-state index contributed by atoms with van der Waals surface area (Å²) in [4.78, 5) is 7.23. The van der Waals surface area contributed by atoms with Gasteiger partial charge in [-0.25, -0.2) is 17.8 Å². The molecule has 0 atom stereocenters. The van der Waals surface area contributed by atoms with Crippen molar-refractivity contribution in [2.24, 2.45) is 11.5 Å². The number of aromatic nitrogens is 2. The predicted octanol–water partition coefficient (Wildman–Crippen LogP) is 2.36. The van der Waals surface area contributed by atoms with Crippen LogP contribution in [0.15, 0.2) is 79.2 Å². The molecule has 0 aliphatic heterocycles. The number of nitrogens with one attached hydrogen (secondary N) is 2. The van der Waals surface area contributed by atoms with Crippen LogP contribution in [0.25, 0.3) is 34.4 Å². The van der Waals surface area contributed by atoms with Crippen LogP contribution in [-0.2, 0) is 10.0 Å². The highest BCUT2D eigenvalue weighted by molar-refractivity contribution is 7.92. The van der Waals surface area contributed by atoms with Crippen molar-refractivity contribution >= 4 is 39.0 Å². The van der Waals surface area contributed by atoms with Crippen LogP contribution in [0.5, 0.6) is 0 Å². The molecule has 1 aromatic carbocycles. The van der Waals surface area contributed by atoms with E-state index in [0.29, 0.717) is 38.3 Å². The Hall–Kier alpha value is -4.11. The standard InChI is InChI=1S/C24H24FN5O2S/c1-4-5-8-16(12-26)15(2)11-18-21(13-27)29-24-23(18)22(19(25)14-28-24)17-9-6-7-10-20(17)30-33(3,31)32/h4-14,30H,1-2,26-27H2,3H3,(H,28,29)/b8-5-,16-12+,18-11+,21-13+. The zero-order chi connectivity index (χ0) is 24.2. The number of hydrogen-bond donors (Lipinski definition) is 4. The largest absolute Gasteiger partial charge is 0.404 e. The number of benzene rings is 1. The normalized spacial score (nSPS) is 13.7. The highest BCUT2D eigenvalue weighted by Gasteiger charge is 2.19. The molecule has 0 radical (unpaired) electrons. The lowest BCUT2D eigenvalue weighted by Gasteiger charge is -2.12. The molecule has 2 aromatic heterocycles. The van der Waals surface area contributed by atoms with Crippen LogP contribution < -0.4 is 26.8 Å². The summed E-state index contributed by atoms with van der Waals surface area (Å²) in [5, 5.41) is 1.43. The summed E-state index contributed by atoms with van der Waals surface area (Å²) >= 11 is 0. The number of sulfonamides is 1. The molecule has 6 N–H and O–H groups in total. The Balaban J connectivity index is 2.41. The number of pyridine rings is 1. The second-order valence-corrected chi connectivity index (χ2v) is 8.88. The molecular weight excluding hydrogens is 441 g/mol. The molecule has 0 fully saturated rings. The van der Waals surface area contributed by atoms with Crippen LogP contribution in [0, 0.1) is 5.82 Å². The molecule has 2 heterocycles. The monoisotopic (exact) mass is 465 g/mol. The summed E-state index contributed by atoms with van der Waals surface area (Å²) in [6.07, 6.45) is 11.6. The number of H-pyrrole nitrogens is 1. The van der Waals surface area contributed by atoms with E-state index in [9.17, 15) is 8.42 Å². The van der Waals surface area contributed by atoms with Gasteiger partial charge < -0.3 is 16.5 Å². The molecule has 0 spiro atoms. The van der Waals surface area contributed by atoms with E-state index >= 15 is 4.39 Å². The molecule has 3 rings (SSSR count). The molecule has 0 saturated heterocycles. The zero-order valence-electron chi connectivity index (χ0n) is 18.0. The second-order valence-electron chi connectivity index (χ2n) is 7.13. The van der Waals surface area contributed by atoms with Crippen LogP contribution >= 0.6 is 0 Å². The fourth-order valence-corrected chi connectivity index (χ4v) is 3.99. The Morgan fingerprint density at radius 2 is 2.00 bits per heavy atom. The third-order valence-corrected chi connectivity index (χ3v) is 5.38. The van der Waals surface area contributed by atoms with Gasteiger partial charge in [-0.05, 0) is 23.3 Å².